The molecule has 0 unspecified atom stereocenters. The van der Waals surface area contributed by atoms with Gasteiger partial charge in [0.2, 0.25) is 0 Å². The van der Waals surface area contributed by atoms with Crippen molar-refractivity contribution in [3.63, 3.8) is 0 Å². The van der Waals surface area contributed by atoms with Gasteiger partial charge in [-0.3, -0.25) is 9.20 Å². The van der Waals surface area contributed by atoms with Crippen molar-refractivity contribution in [2.75, 3.05) is 7.11 Å². The molecule has 19 heavy (non-hydrogen) atoms. The maximum absolute atomic E-state index is 12.3. The lowest BCUT2D eigenvalue weighted by atomic mass is 10.1. The number of aromatic nitrogens is 2. The van der Waals surface area contributed by atoms with Crippen LogP contribution in [0.15, 0.2) is 18.3 Å². The van der Waals surface area contributed by atoms with E-state index in [9.17, 15) is 4.79 Å². The molecule has 0 saturated carbocycles. The van der Waals surface area contributed by atoms with Gasteiger partial charge in [0, 0.05) is 11.7 Å². The summed E-state index contributed by atoms with van der Waals surface area (Å²) < 4.78 is 7.02. The van der Waals surface area contributed by atoms with E-state index < -0.39 is 0 Å². The maximum atomic E-state index is 12.3. The number of rotatable bonds is 2. The normalized spacial score (nSPS) is 11.6. The molecule has 1 N–H and O–H groups in total. The number of nitrogens with one attached hydrogen (secondary N) is 1. The van der Waals surface area contributed by atoms with Crippen LogP contribution in [0.3, 0.4) is 0 Å². The van der Waals surface area contributed by atoms with E-state index in [1.807, 2.05) is 46.0 Å². The van der Waals surface area contributed by atoms with Crippen molar-refractivity contribution >= 4 is 11.6 Å². The van der Waals surface area contributed by atoms with Crippen LogP contribution in [-0.4, -0.2) is 27.9 Å². The zero-order valence-corrected chi connectivity index (χ0v) is 11.9. The molecule has 5 nitrogen and oxygen atoms in total. The topological polar surface area (TPSA) is 55.6 Å². The van der Waals surface area contributed by atoms with Gasteiger partial charge in [0.25, 0.3) is 5.91 Å². The van der Waals surface area contributed by atoms with Crippen LogP contribution in [0.1, 0.15) is 37.0 Å². The number of hydrogen-bond acceptors (Lipinski definition) is 3. The van der Waals surface area contributed by atoms with Crippen LogP contribution in [0.2, 0.25) is 0 Å². The Bertz CT molecular complexity index is 623. The highest BCUT2D eigenvalue weighted by Crippen LogP contribution is 2.21. The van der Waals surface area contributed by atoms with Crippen LogP contribution in [0.5, 0.6) is 5.75 Å². The van der Waals surface area contributed by atoms with Crippen molar-refractivity contribution in [1.29, 1.82) is 0 Å². The summed E-state index contributed by atoms with van der Waals surface area (Å²) in [6, 6.07) is 3.66. The first-order valence-electron chi connectivity index (χ1n) is 6.17. The monoisotopic (exact) mass is 261 g/mol. The van der Waals surface area contributed by atoms with Crippen molar-refractivity contribution in [1.82, 2.24) is 14.7 Å². The van der Waals surface area contributed by atoms with Crippen LogP contribution < -0.4 is 10.1 Å². The van der Waals surface area contributed by atoms with Gasteiger partial charge in [-0.05, 0) is 39.8 Å². The second-order valence-electron chi connectivity index (χ2n) is 5.52. The molecule has 0 fully saturated rings. The third kappa shape index (κ3) is 2.54. The first-order valence-corrected chi connectivity index (χ1v) is 6.17. The van der Waals surface area contributed by atoms with Gasteiger partial charge in [-0.15, -0.1) is 0 Å². The van der Waals surface area contributed by atoms with Crippen molar-refractivity contribution in [3.05, 3.63) is 29.7 Å². The molecule has 0 bridgehead atoms. The molecule has 2 aromatic rings. The number of imidazole rings is 1. The molecule has 5 heteroatoms. The summed E-state index contributed by atoms with van der Waals surface area (Å²) in [4.78, 5) is 16.8. The average molecular weight is 261 g/mol. The highest BCUT2D eigenvalue weighted by Gasteiger charge is 2.22. The van der Waals surface area contributed by atoms with E-state index in [4.69, 9.17) is 4.74 Å². The minimum Gasteiger partial charge on any atom is -0.493 e. The Kier molecular flexibility index (Phi) is 3.22. The predicted octanol–water partition coefficient (Wildman–Crippen LogP) is 2.18. The van der Waals surface area contributed by atoms with Crippen LogP contribution in [0, 0.1) is 6.92 Å². The Hall–Kier alpha value is -2.04. The lowest BCUT2D eigenvalue weighted by molar-refractivity contribution is 0.0913. The molecule has 0 aliphatic heterocycles. The molecule has 0 spiro atoms. The van der Waals surface area contributed by atoms with Gasteiger partial charge < -0.3 is 10.1 Å². The maximum Gasteiger partial charge on any atom is 0.270 e. The molecule has 2 rings (SSSR count). The van der Waals surface area contributed by atoms with Gasteiger partial charge in [0.15, 0.2) is 11.4 Å². The SMILES string of the molecule is COc1cccn2c(C(=O)NC(C)(C)C)c(C)nc12. The molecular weight excluding hydrogens is 242 g/mol. The molecule has 0 atom stereocenters. The fourth-order valence-electron chi connectivity index (χ4n) is 1.99. The lowest BCUT2D eigenvalue weighted by Gasteiger charge is -2.20. The van der Waals surface area contributed by atoms with E-state index in [1.165, 1.54) is 0 Å². The van der Waals surface area contributed by atoms with Gasteiger partial charge in [-0.25, -0.2) is 4.98 Å². The van der Waals surface area contributed by atoms with Gasteiger partial charge in [0.1, 0.15) is 5.69 Å². The molecular formula is C14H19N3O2. The third-order valence-corrected chi connectivity index (χ3v) is 2.71. The second-order valence-corrected chi connectivity index (χ2v) is 5.52. The van der Waals surface area contributed by atoms with Crippen LogP contribution >= 0.6 is 0 Å². The fraction of sp³-hybridized carbons (Fsp3) is 0.429. The zero-order chi connectivity index (χ0) is 14.2. The number of ether oxygens (including phenoxy) is 1. The van der Waals surface area contributed by atoms with Crippen molar-refractivity contribution in [2.45, 2.75) is 33.2 Å². The van der Waals surface area contributed by atoms with Gasteiger partial charge in [-0.2, -0.15) is 0 Å². The second kappa shape index (κ2) is 4.57. The average Bonchev–Trinajstić information content (AvgIpc) is 2.62. The Labute approximate surface area is 112 Å². The highest BCUT2D eigenvalue weighted by atomic mass is 16.5. The molecule has 2 heterocycles. The molecule has 0 aromatic carbocycles. The molecule has 0 radical (unpaired) electrons. The molecule has 0 aliphatic carbocycles. The standard InChI is InChI=1S/C14H19N3O2/c1-9-11(13(18)16-14(2,3)4)17-8-6-7-10(19-5)12(17)15-9/h6-8H,1-5H3,(H,16,18). The predicted molar refractivity (Wildman–Crippen MR) is 73.7 cm³/mol. The van der Waals surface area contributed by atoms with Crippen LogP contribution in [0.4, 0.5) is 0 Å². The summed E-state index contributed by atoms with van der Waals surface area (Å²) in [5, 5.41) is 2.95. The quantitative estimate of drug-likeness (QED) is 0.901. The summed E-state index contributed by atoms with van der Waals surface area (Å²) in [6.07, 6.45) is 1.81. The number of carbonyl (C=O) groups excluding carboxylic acids is 1. The number of amides is 1. The van der Waals surface area contributed by atoms with Gasteiger partial charge in [0.05, 0.1) is 12.8 Å². The van der Waals surface area contributed by atoms with E-state index in [0.29, 0.717) is 22.8 Å². The van der Waals surface area contributed by atoms with E-state index >= 15 is 0 Å². The largest absolute Gasteiger partial charge is 0.493 e. The number of hydrogen-bond donors (Lipinski definition) is 1. The Morgan fingerprint density at radius 2 is 2.11 bits per heavy atom. The molecule has 0 saturated heterocycles. The number of aryl methyl sites for hydroxylation is 1. The Morgan fingerprint density at radius 3 is 2.68 bits per heavy atom. The molecule has 102 valence electrons. The first kappa shape index (κ1) is 13.4. The number of pyridine rings is 1. The summed E-state index contributed by atoms with van der Waals surface area (Å²) in [6.45, 7) is 7.67. The number of carbonyl (C=O) groups is 1. The van der Waals surface area contributed by atoms with Gasteiger partial charge in [-0.1, -0.05) is 0 Å². The minimum absolute atomic E-state index is 0.134. The summed E-state index contributed by atoms with van der Waals surface area (Å²) >= 11 is 0. The van der Waals surface area contributed by atoms with E-state index in [0.717, 1.165) is 0 Å². The van der Waals surface area contributed by atoms with Crippen molar-refractivity contribution in [3.8, 4) is 5.75 Å². The zero-order valence-electron chi connectivity index (χ0n) is 11.9. The molecule has 1 amide bonds. The van der Waals surface area contributed by atoms with E-state index in [2.05, 4.69) is 10.3 Å². The minimum atomic E-state index is -0.285. The van der Waals surface area contributed by atoms with E-state index in [-0.39, 0.29) is 11.4 Å². The van der Waals surface area contributed by atoms with Crippen LogP contribution in [0.25, 0.3) is 5.65 Å². The number of nitrogens with zero attached hydrogens (tertiary/aromatic N) is 2. The van der Waals surface area contributed by atoms with Crippen molar-refractivity contribution < 1.29 is 9.53 Å². The third-order valence-electron chi connectivity index (χ3n) is 2.71. The van der Waals surface area contributed by atoms with Crippen LogP contribution in [-0.2, 0) is 0 Å². The van der Waals surface area contributed by atoms with Crippen molar-refractivity contribution in [2.24, 2.45) is 0 Å². The Morgan fingerprint density at radius 1 is 1.42 bits per heavy atom. The molecule has 0 aliphatic rings. The summed E-state index contributed by atoms with van der Waals surface area (Å²) in [7, 11) is 1.59. The van der Waals surface area contributed by atoms with Gasteiger partial charge >= 0.3 is 0 Å². The number of methoxy groups -OCH3 is 1. The summed E-state index contributed by atoms with van der Waals surface area (Å²) in [5.74, 6) is 0.520. The summed E-state index contributed by atoms with van der Waals surface area (Å²) in [5.41, 5.74) is 1.60. The van der Waals surface area contributed by atoms with E-state index in [1.54, 1.807) is 11.5 Å². The molecule has 2 aromatic heterocycles. The lowest BCUT2D eigenvalue weighted by Crippen LogP contribution is -2.41. The Balaban J connectivity index is 2.55. The smallest absolute Gasteiger partial charge is 0.270 e. The highest BCUT2D eigenvalue weighted by molar-refractivity contribution is 5.95. The number of fused-ring (bicyclic) bond motifs is 1. The first-order chi connectivity index (χ1) is 8.83. The fourth-order valence-corrected chi connectivity index (χ4v) is 1.99.